The Morgan fingerprint density at radius 3 is 1.48 bits per heavy atom. The molecule has 1 aromatic carbocycles. The normalized spacial score (nSPS) is 19.7. The van der Waals surface area contributed by atoms with Crippen LogP contribution in [0.3, 0.4) is 0 Å². The zero-order chi connectivity index (χ0) is 16.7. The second kappa shape index (κ2) is 6.79. The molecule has 1 saturated carbocycles. The number of hydrogen-bond donors (Lipinski definition) is 0. The molecule has 2 amide bonds. The summed E-state index contributed by atoms with van der Waals surface area (Å²) in [6, 6.07) is -0.118. The number of benzene rings is 1. The van der Waals surface area contributed by atoms with E-state index in [1.54, 1.807) is 0 Å². The molecule has 0 bridgehead atoms. The lowest BCUT2D eigenvalue weighted by molar-refractivity contribution is 0.0559. The summed E-state index contributed by atoms with van der Waals surface area (Å²) >= 11 is 24.4. The standard InChI is InChI=1S/C16H15Cl4NO2/c17-11-9-10(12(18)14(20)13(11)19)16(23)21(15(9)22)8-6-4-2-1-3-5-7-8/h8H,1-7H2. The number of carbonyl (C=O) groups excluding carboxylic acids is 2. The van der Waals surface area contributed by atoms with Crippen LogP contribution >= 0.6 is 46.4 Å². The van der Waals surface area contributed by atoms with Crippen molar-refractivity contribution in [2.75, 3.05) is 0 Å². The number of nitrogens with zero attached hydrogens (tertiary/aromatic N) is 1. The summed E-state index contributed by atoms with van der Waals surface area (Å²) in [6.45, 7) is 0. The fourth-order valence-corrected chi connectivity index (χ4v) is 4.41. The highest BCUT2D eigenvalue weighted by atomic mass is 35.5. The van der Waals surface area contributed by atoms with Crippen LogP contribution in [0.1, 0.15) is 65.7 Å². The number of hydrogen-bond acceptors (Lipinski definition) is 2. The third kappa shape index (κ3) is 2.86. The van der Waals surface area contributed by atoms with Crippen LogP contribution in [-0.4, -0.2) is 22.8 Å². The van der Waals surface area contributed by atoms with Gasteiger partial charge >= 0.3 is 0 Å². The molecule has 7 heteroatoms. The molecule has 0 aromatic heterocycles. The van der Waals surface area contributed by atoms with E-state index in [-0.39, 0.29) is 37.3 Å². The van der Waals surface area contributed by atoms with Crippen LogP contribution in [0.2, 0.25) is 20.1 Å². The van der Waals surface area contributed by atoms with E-state index in [0.717, 1.165) is 38.5 Å². The van der Waals surface area contributed by atoms with Crippen LogP contribution in [0.5, 0.6) is 0 Å². The van der Waals surface area contributed by atoms with E-state index < -0.39 is 11.8 Å². The molecule has 0 radical (unpaired) electrons. The monoisotopic (exact) mass is 393 g/mol. The van der Waals surface area contributed by atoms with Gasteiger partial charge in [0.25, 0.3) is 11.8 Å². The Hall–Kier alpha value is -0.480. The lowest BCUT2D eigenvalue weighted by atomic mass is 9.95. The molecule has 0 unspecified atom stereocenters. The van der Waals surface area contributed by atoms with Crippen molar-refractivity contribution in [2.45, 2.75) is 51.0 Å². The first-order chi connectivity index (χ1) is 10.9. The lowest BCUT2D eigenvalue weighted by Crippen LogP contribution is -2.40. The van der Waals surface area contributed by atoms with Gasteiger partial charge in [-0.2, -0.15) is 0 Å². The molecule has 1 aliphatic heterocycles. The topological polar surface area (TPSA) is 37.4 Å². The van der Waals surface area contributed by atoms with Crippen LogP contribution in [0.15, 0.2) is 0 Å². The molecule has 0 N–H and O–H groups in total. The third-order valence-corrected chi connectivity index (χ3v) is 6.37. The van der Waals surface area contributed by atoms with Gasteiger partial charge in [0.15, 0.2) is 0 Å². The summed E-state index contributed by atoms with van der Waals surface area (Å²) in [7, 11) is 0. The highest BCUT2D eigenvalue weighted by Crippen LogP contribution is 2.45. The molecule has 0 spiro atoms. The molecular weight excluding hydrogens is 380 g/mol. The van der Waals surface area contributed by atoms with E-state index in [1.165, 1.54) is 11.3 Å². The van der Waals surface area contributed by atoms with Crippen molar-refractivity contribution < 1.29 is 9.59 Å². The van der Waals surface area contributed by atoms with Crippen molar-refractivity contribution >= 4 is 58.2 Å². The number of carbonyl (C=O) groups is 2. The third-order valence-electron chi connectivity index (χ3n) is 4.57. The Balaban J connectivity index is 2.03. The van der Waals surface area contributed by atoms with Crippen molar-refractivity contribution in [3.05, 3.63) is 31.2 Å². The molecule has 1 heterocycles. The average molecular weight is 395 g/mol. The molecule has 2 aliphatic rings. The summed E-state index contributed by atoms with van der Waals surface area (Å²) in [5.41, 5.74) is 0.163. The minimum atomic E-state index is -0.416. The first-order valence-corrected chi connectivity index (χ1v) is 9.20. The van der Waals surface area contributed by atoms with Crippen molar-refractivity contribution in [2.24, 2.45) is 0 Å². The summed E-state index contributed by atoms with van der Waals surface area (Å²) in [5, 5.41) is 0.0287. The van der Waals surface area contributed by atoms with E-state index in [0.29, 0.717) is 0 Å². The van der Waals surface area contributed by atoms with E-state index in [2.05, 4.69) is 0 Å². The van der Waals surface area contributed by atoms with Crippen molar-refractivity contribution in [1.82, 2.24) is 4.90 Å². The molecule has 0 atom stereocenters. The molecule has 3 rings (SSSR count). The molecule has 3 nitrogen and oxygen atoms in total. The van der Waals surface area contributed by atoms with Crippen LogP contribution in [0.25, 0.3) is 0 Å². The molecule has 124 valence electrons. The van der Waals surface area contributed by atoms with E-state index >= 15 is 0 Å². The molecule has 0 saturated heterocycles. The predicted octanol–water partition coefficient (Wildman–Crippen LogP) is 6.01. The molecule has 1 fully saturated rings. The van der Waals surface area contributed by atoms with E-state index in [9.17, 15) is 9.59 Å². The summed E-state index contributed by atoms with van der Waals surface area (Å²) < 4.78 is 0. The van der Waals surface area contributed by atoms with Crippen molar-refractivity contribution in [1.29, 1.82) is 0 Å². The maximum atomic E-state index is 12.8. The predicted molar refractivity (Wildman–Crippen MR) is 93.1 cm³/mol. The van der Waals surface area contributed by atoms with Crippen molar-refractivity contribution in [3.63, 3.8) is 0 Å². The van der Waals surface area contributed by atoms with Gasteiger partial charge in [-0.1, -0.05) is 78.5 Å². The second-order valence-corrected chi connectivity index (χ2v) is 7.50. The van der Waals surface area contributed by atoms with E-state index in [4.69, 9.17) is 46.4 Å². The van der Waals surface area contributed by atoms with Crippen LogP contribution in [0, 0.1) is 0 Å². The number of rotatable bonds is 1. The number of imide groups is 1. The minimum absolute atomic E-state index is 0.00256. The van der Waals surface area contributed by atoms with Gasteiger partial charge in [-0.25, -0.2) is 0 Å². The smallest absolute Gasteiger partial charge is 0.263 e. The Kier molecular flexibility index (Phi) is 5.12. The summed E-state index contributed by atoms with van der Waals surface area (Å²) in [6.07, 6.45) is 7.07. The van der Waals surface area contributed by atoms with Gasteiger partial charge in [0.1, 0.15) is 0 Å². The Morgan fingerprint density at radius 1 is 0.652 bits per heavy atom. The SMILES string of the molecule is O=C1c2c(Cl)c(Cl)c(Cl)c(Cl)c2C(=O)N1C1CCCCCCC1. The van der Waals surface area contributed by atoms with Crippen LogP contribution in [-0.2, 0) is 0 Å². The highest BCUT2D eigenvalue weighted by Gasteiger charge is 2.44. The van der Waals surface area contributed by atoms with Gasteiger partial charge in [-0.05, 0) is 12.8 Å². The van der Waals surface area contributed by atoms with Gasteiger partial charge in [0.05, 0.1) is 31.2 Å². The zero-order valence-electron chi connectivity index (χ0n) is 12.3. The minimum Gasteiger partial charge on any atom is -0.271 e. The van der Waals surface area contributed by atoms with Gasteiger partial charge in [0.2, 0.25) is 0 Å². The Bertz CT molecular complexity index is 634. The Morgan fingerprint density at radius 2 is 1.04 bits per heavy atom. The van der Waals surface area contributed by atoms with Crippen LogP contribution in [0.4, 0.5) is 0 Å². The van der Waals surface area contributed by atoms with Crippen LogP contribution < -0.4 is 0 Å². The second-order valence-electron chi connectivity index (χ2n) is 5.99. The van der Waals surface area contributed by atoms with Gasteiger partial charge in [0, 0.05) is 6.04 Å². The fourth-order valence-electron chi connectivity index (χ4n) is 3.39. The van der Waals surface area contributed by atoms with Crippen molar-refractivity contribution in [3.8, 4) is 0 Å². The van der Waals surface area contributed by atoms with Gasteiger partial charge < -0.3 is 0 Å². The number of amides is 2. The maximum absolute atomic E-state index is 12.8. The number of halogens is 4. The molecule has 1 aromatic rings. The zero-order valence-corrected chi connectivity index (χ0v) is 15.3. The highest BCUT2D eigenvalue weighted by molar-refractivity contribution is 6.55. The largest absolute Gasteiger partial charge is 0.271 e. The van der Waals surface area contributed by atoms with E-state index in [1.807, 2.05) is 0 Å². The molecule has 23 heavy (non-hydrogen) atoms. The summed E-state index contributed by atoms with van der Waals surface area (Å²) in [5.74, 6) is -0.831. The maximum Gasteiger partial charge on any atom is 0.263 e. The Labute approximate surface area is 154 Å². The average Bonchev–Trinajstić information content (AvgIpc) is 2.75. The molecule has 1 aliphatic carbocycles. The first kappa shape index (κ1) is 17.3. The number of fused-ring (bicyclic) bond motifs is 1. The van der Waals surface area contributed by atoms with Gasteiger partial charge in [-0.3, -0.25) is 14.5 Å². The van der Waals surface area contributed by atoms with Gasteiger partial charge in [-0.15, -0.1) is 0 Å². The first-order valence-electron chi connectivity index (χ1n) is 7.69. The fraction of sp³-hybridized carbons (Fsp3) is 0.500. The molecular formula is C16H15Cl4NO2. The summed E-state index contributed by atoms with van der Waals surface area (Å²) in [4.78, 5) is 26.9. The quantitative estimate of drug-likeness (QED) is 0.332. The lowest BCUT2D eigenvalue weighted by Gasteiger charge is -2.27.